The van der Waals surface area contributed by atoms with Crippen LogP contribution in [-0.2, 0) is 9.59 Å². The molecular weight excluding hydrogens is 208 g/mol. The van der Waals surface area contributed by atoms with Crippen molar-refractivity contribution in [3.05, 3.63) is 0 Å². The van der Waals surface area contributed by atoms with Crippen LogP contribution in [0.4, 0.5) is 0 Å². The number of carboxylic acid groups (broad SMARTS) is 1. The minimum Gasteiger partial charge on any atom is -0.480 e. The summed E-state index contributed by atoms with van der Waals surface area (Å²) in [5.74, 6) is 1.49. The van der Waals surface area contributed by atoms with E-state index in [0.29, 0.717) is 12.5 Å². The van der Waals surface area contributed by atoms with Crippen LogP contribution >= 0.6 is 0 Å². The molecule has 0 aliphatic rings. The van der Waals surface area contributed by atoms with E-state index in [1.807, 2.05) is 13.8 Å². The molecule has 90 valence electrons. The van der Waals surface area contributed by atoms with E-state index in [9.17, 15) is 9.59 Å². The van der Waals surface area contributed by atoms with Gasteiger partial charge in [-0.3, -0.25) is 14.5 Å². The highest BCUT2D eigenvalue weighted by Gasteiger charge is 2.12. The van der Waals surface area contributed by atoms with Crippen molar-refractivity contribution in [1.29, 1.82) is 0 Å². The van der Waals surface area contributed by atoms with E-state index >= 15 is 0 Å². The summed E-state index contributed by atoms with van der Waals surface area (Å²) < 4.78 is 0. The lowest BCUT2D eigenvalue weighted by Gasteiger charge is -2.17. The van der Waals surface area contributed by atoms with E-state index in [0.717, 1.165) is 0 Å². The van der Waals surface area contributed by atoms with Gasteiger partial charge in [-0.25, -0.2) is 0 Å². The number of amides is 1. The molecule has 0 atom stereocenters. The maximum atomic E-state index is 11.4. The molecule has 0 rings (SSSR count). The third-order valence-electron chi connectivity index (χ3n) is 1.75. The van der Waals surface area contributed by atoms with Crippen molar-refractivity contribution in [1.82, 2.24) is 10.2 Å². The molecule has 0 spiro atoms. The molecule has 16 heavy (non-hydrogen) atoms. The van der Waals surface area contributed by atoms with Crippen molar-refractivity contribution in [3.8, 4) is 12.3 Å². The Labute approximate surface area is 95.8 Å². The van der Waals surface area contributed by atoms with Crippen LogP contribution in [0.5, 0.6) is 0 Å². The first kappa shape index (κ1) is 14.5. The first-order chi connectivity index (χ1) is 7.45. The van der Waals surface area contributed by atoms with E-state index in [-0.39, 0.29) is 25.5 Å². The van der Waals surface area contributed by atoms with Crippen LogP contribution in [0.1, 0.15) is 13.8 Å². The summed E-state index contributed by atoms with van der Waals surface area (Å²) in [6.07, 6.45) is 5.09. The van der Waals surface area contributed by atoms with Gasteiger partial charge >= 0.3 is 5.97 Å². The van der Waals surface area contributed by atoms with E-state index in [1.165, 1.54) is 4.90 Å². The van der Waals surface area contributed by atoms with Crippen LogP contribution in [0.25, 0.3) is 0 Å². The zero-order chi connectivity index (χ0) is 12.6. The predicted octanol–water partition coefficient (Wildman–Crippen LogP) is -0.222. The fraction of sp³-hybridized carbons (Fsp3) is 0.636. The van der Waals surface area contributed by atoms with Gasteiger partial charge in [0.2, 0.25) is 5.91 Å². The highest BCUT2D eigenvalue weighted by Crippen LogP contribution is 1.90. The van der Waals surface area contributed by atoms with Crippen LogP contribution in [0.15, 0.2) is 0 Å². The van der Waals surface area contributed by atoms with Crippen molar-refractivity contribution < 1.29 is 14.7 Å². The van der Waals surface area contributed by atoms with Crippen molar-refractivity contribution in [2.45, 2.75) is 13.8 Å². The van der Waals surface area contributed by atoms with E-state index in [4.69, 9.17) is 11.5 Å². The topological polar surface area (TPSA) is 69.6 Å². The molecule has 1 amide bonds. The van der Waals surface area contributed by atoms with Gasteiger partial charge < -0.3 is 10.4 Å². The second kappa shape index (κ2) is 7.71. The SMILES string of the molecule is C#CCN(CC(=O)O)CC(=O)NCC(C)C. The van der Waals surface area contributed by atoms with Gasteiger partial charge in [0, 0.05) is 6.54 Å². The van der Waals surface area contributed by atoms with Gasteiger partial charge in [0.15, 0.2) is 0 Å². The molecule has 0 aromatic carbocycles. The molecule has 2 N–H and O–H groups in total. The summed E-state index contributed by atoms with van der Waals surface area (Å²) in [6.45, 7) is 4.49. The molecule has 0 unspecified atom stereocenters. The number of hydrogen-bond donors (Lipinski definition) is 2. The molecule has 0 aromatic heterocycles. The number of nitrogens with zero attached hydrogens (tertiary/aromatic N) is 1. The molecular formula is C11H18N2O3. The van der Waals surface area contributed by atoms with Gasteiger partial charge in [-0.05, 0) is 5.92 Å². The van der Waals surface area contributed by atoms with Crippen molar-refractivity contribution in [2.24, 2.45) is 5.92 Å². The largest absolute Gasteiger partial charge is 0.480 e. The lowest BCUT2D eigenvalue weighted by atomic mass is 10.2. The molecule has 0 fully saturated rings. The fourth-order valence-electron chi connectivity index (χ4n) is 1.07. The molecule has 0 aromatic rings. The van der Waals surface area contributed by atoms with Crippen molar-refractivity contribution in [3.63, 3.8) is 0 Å². The number of carbonyl (C=O) groups is 2. The predicted molar refractivity (Wildman–Crippen MR) is 60.8 cm³/mol. The normalized spacial score (nSPS) is 10.2. The summed E-state index contributed by atoms with van der Waals surface area (Å²) in [7, 11) is 0. The number of hydrogen-bond acceptors (Lipinski definition) is 3. The lowest BCUT2D eigenvalue weighted by molar-refractivity contribution is -0.138. The summed E-state index contributed by atoms with van der Waals surface area (Å²) in [5.41, 5.74) is 0. The third kappa shape index (κ3) is 7.83. The average molecular weight is 226 g/mol. The average Bonchev–Trinajstić information content (AvgIpc) is 2.14. The third-order valence-corrected chi connectivity index (χ3v) is 1.75. The standard InChI is InChI=1S/C11H18N2O3/c1-4-5-13(8-11(15)16)7-10(14)12-6-9(2)3/h1,9H,5-8H2,2-3H3,(H,12,14)(H,15,16). The summed E-state index contributed by atoms with van der Waals surface area (Å²) in [4.78, 5) is 23.3. The van der Waals surface area contributed by atoms with Crippen LogP contribution in [0.3, 0.4) is 0 Å². The van der Waals surface area contributed by atoms with Crippen LogP contribution in [0.2, 0.25) is 0 Å². The fourth-order valence-corrected chi connectivity index (χ4v) is 1.07. The Morgan fingerprint density at radius 1 is 1.44 bits per heavy atom. The second-order valence-corrected chi connectivity index (χ2v) is 3.94. The molecule has 0 aliphatic carbocycles. The van der Waals surface area contributed by atoms with Crippen LogP contribution in [-0.4, -0.2) is 48.1 Å². The number of terminal acetylenes is 1. The summed E-state index contributed by atoms with van der Waals surface area (Å²) >= 11 is 0. The monoisotopic (exact) mass is 226 g/mol. The van der Waals surface area contributed by atoms with Gasteiger partial charge in [0.05, 0.1) is 19.6 Å². The molecule has 0 saturated heterocycles. The van der Waals surface area contributed by atoms with Crippen LogP contribution in [0, 0.1) is 18.3 Å². The molecule has 0 saturated carbocycles. The molecule has 0 radical (unpaired) electrons. The van der Waals surface area contributed by atoms with Gasteiger partial charge in [-0.1, -0.05) is 19.8 Å². The van der Waals surface area contributed by atoms with Gasteiger partial charge in [0.1, 0.15) is 0 Å². The quantitative estimate of drug-likeness (QED) is 0.589. The number of rotatable bonds is 7. The Balaban J connectivity index is 4.03. The first-order valence-electron chi connectivity index (χ1n) is 5.10. The molecule has 0 bridgehead atoms. The van der Waals surface area contributed by atoms with E-state index < -0.39 is 5.97 Å². The zero-order valence-corrected chi connectivity index (χ0v) is 9.69. The summed E-state index contributed by atoms with van der Waals surface area (Å²) in [5, 5.41) is 11.3. The van der Waals surface area contributed by atoms with Crippen molar-refractivity contribution >= 4 is 11.9 Å². The summed E-state index contributed by atoms with van der Waals surface area (Å²) in [6, 6.07) is 0. The molecule has 5 nitrogen and oxygen atoms in total. The highest BCUT2D eigenvalue weighted by molar-refractivity contribution is 5.79. The number of aliphatic carboxylic acids is 1. The number of carbonyl (C=O) groups excluding carboxylic acids is 1. The Morgan fingerprint density at radius 3 is 2.50 bits per heavy atom. The van der Waals surface area contributed by atoms with Gasteiger partial charge in [-0.2, -0.15) is 0 Å². The number of nitrogens with one attached hydrogen (secondary N) is 1. The van der Waals surface area contributed by atoms with E-state index in [1.54, 1.807) is 0 Å². The Hall–Kier alpha value is -1.54. The second-order valence-electron chi connectivity index (χ2n) is 3.94. The Morgan fingerprint density at radius 2 is 2.06 bits per heavy atom. The molecule has 5 heteroatoms. The van der Waals surface area contributed by atoms with Gasteiger partial charge in [-0.15, -0.1) is 6.42 Å². The smallest absolute Gasteiger partial charge is 0.317 e. The molecule has 0 heterocycles. The van der Waals surface area contributed by atoms with Crippen molar-refractivity contribution in [2.75, 3.05) is 26.2 Å². The maximum Gasteiger partial charge on any atom is 0.317 e. The van der Waals surface area contributed by atoms with Crippen LogP contribution < -0.4 is 5.32 Å². The van der Waals surface area contributed by atoms with Gasteiger partial charge in [0.25, 0.3) is 0 Å². The molecule has 0 aliphatic heterocycles. The first-order valence-corrected chi connectivity index (χ1v) is 5.10. The lowest BCUT2D eigenvalue weighted by Crippen LogP contribution is -2.40. The number of carboxylic acids is 1. The minimum absolute atomic E-state index is 0.0171. The highest BCUT2D eigenvalue weighted by atomic mass is 16.4. The zero-order valence-electron chi connectivity index (χ0n) is 9.69. The Bertz CT molecular complexity index is 281. The van der Waals surface area contributed by atoms with E-state index in [2.05, 4.69) is 11.2 Å². The Kier molecular flexibility index (Phi) is 6.97. The maximum absolute atomic E-state index is 11.4. The minimum atomic E-state index is -0.994.